The zero-order valence-corrected chi connectivity index (χ0v) is 14.9. The van der Waals surface area contributed by atoms with Gasteiger partial charge in [-0.25, -0.2) is 9.18 Å². The van der Waals surface area contributed by atoms with Gasteiger partial charge in [0, 0.05) is 43.8 Å². The number of rotatable bonds is 3. The van der Waals surface area contributed by atoms with E-state index >= 15 is 0 Å². The lowest BCUT2D eigenvalue weighted by atomic mass is 10.2. The molecule has 0 unspecified atom stereocenters. The second-order valence-electron chi connectivity index (χ2n) is 6.70. The highest BCUT2D eigenvalue weighted by Crippen LogP contribution is 2.15. The number of nitrogens with one attached hydrogen (secondary N) is 1. The molecule has 0 bridgehead atoms. The van der Waals surface area contributed by atoms with Crippen LogP contribution in [-0.4, -0.2) is 47.0 Å². The molecule has 1 aliphatic heterocycles. The number of fused-ring (bicyclic) bond motifs is 1. The fourth-order valence-corrected chi connectivity index (χ4v) is 3.27. The monoisotopic (exact) mass is 364 g/mol. The summed E-state index contributed by atoms with van der Waals surface area (Å²) in [5.41, 5.74) is 2.65. The smallest absolute Gasteiger partial charge is 0.321 e. The number of nitrogens with zero attached hydrogens (tertiary/aromatic N) is 3. The number of benzene rings is 2. The molecule has 1 fully saturated rings. The Kier molecular flexibility index (Phi) is 4.98. The van der Waals surface area contributed by atoms with Crippen molar-refractivity contribution in [1.29, 1.82) is 0 Å². The molecule has 1 aliphatic rings. The highest BCUT2D eigenvalue weighted by Gasteiger charge is 2.21. The summed E-state index contributed by atoms with van der Waals surface area (Å²) in [7, 11) is 0. The third-order valence-corrected chi connectivity index (χ3v) is 4.80. The lowest BCUT2D eigenvalue weighted by Crippen LogP contribution is -2.49. The summed E-state index contributed by atoms with van der Waals surface area (Å²) < 4.78 is 13.0. The number of hydrogen-bond acceptors (Lipinski definition) is 3. The molecule has 138 valence electrons. The van der Waals surface area contributed by atoms with Crippen molar-refractivity contribution in [1.82, 2.24) is 14.8 Å². The van der Waals surface area contributed by atoms with Crippen LogP contribution in [0, 0.1) is 5.82 Å². The molecule has 0 atom stereocenters. The zero-order chi connectivity index (χ0) is 18.6. The second-order valence-corrected chi connectivity index (χ2v) is 6.70. The molecule has 0 spiro atoms. The predicted molar refractivity (Wildman–Crippen MR) is 104 cm³/mol. The van der Waals surface area contributed by atoms with Gasteiger partial charge in [0.05, 0.1) is 11.2 Å². The van der Waals surface area contributed by atoms with Gasteiger partial charge in [-0.2, -0.15) is 0 Å². The molecule has 0 radical (unpaired) electrons. The largest absolute Gasteiger partial charge is 0.322 e. The van der Waals surface area contributed by atoms with Crippen molar-refractivity contribution in [3.8, 4) is 0 Å². The van der Waals surface area contributed by atoms with E-state index in [2.05, 4.69) is 28.4 Å². The van der Waals surface area contributed by atoms with E-state index in [4.69, 9.17) is 4.98 Å². The zero-order valence-electron chi connectivity index (χ0n) is 14.9. The first-order chi connectivity index (χ1) is 13.2. The highest BCUT2D eigenvalue weighted by molar-refractivity contribution is 5.89. The van der Waals surface area contributed by atoms with Gasteiger partial charge < -0.3 is 10.2 Å². The summed E-state index contributed by atoms with van der Waals surface area (Å²) in [6.45, 7) is 3.68. The van der Waals surface area contributed by atoms with Gasteiger partial charge in [-0.15, -0.1) is 0 Å². The van der Waals surface area contributed by atoms with E-state index in [1.165, 1.54) is 12.1 Å². The normalized spacial score (nSPS) is 15.1. The van der Waals surface area contributed by atoms with Gasteiger partial charge in [0.1, 0.15) is 5.82 Å². The van der Waals surface area contributed by atoms with Crippen LogP contribution in [0.5, 0.6) is 0 Å². The molecule has 2 aromatic carbocycles. The molecule has 27 heavy (non-hydrogen) atoms. The summed E-state index contributed by atoms with van der Waals surface area (Å²) in [5.74, 6) is -0.316. The maximum absolute atomic E-state index is 13.0. The molecule has 5 nitrogen and oxygen atoms in total. The molecule has 1 saturated heterocycles. The molecular formula is C21H21FN4O. The van der Waals surface area contributed by atoms with Crippen molar-refractivity contribution >= 4 is 22.6 Å². The Morgan fingerprint density at radius 3 is 2.48 bits per heavy atom. The van der Waals surface area contributed by atoms with Crippen LogP contribution in [-0.2, 0) is 6.54 Å². The number of anilines is 1. The van der Waals surface area contributed by atoms with Crippen LogP contribution >= 0.6 is 0 Å². The van der Waals surface area contributed by atoms with Gasteiger partial charge in [0.25, 0.3) is 0 Å². The number of amides is 2. The number of para-hydroxylation sites is 1. The number of carbonyl (C=O) groups excluding carboxylic acids is 1. The molecule has 3 aromatic rings. The topological polar surface area (TPSA) is 48.5 Å². The maximum atomic E-state index is 13.0. The number of halogens is 1. The first-order valence-corrected chi connectivity index (χ1v) is 9.06. The molecule has 1 N–H and O–H groups in total. The van der Waals surface area contributed by atoms with E-state index in [0.29, 0.717) is 18.8 Å². The van der Waals surface area contributed by atoms with E-state index in [0.717, 1.165) is 36.2 Å². The Morgan fingerprint density at radius 2 is 1.70 bits per heavy atom. The Labute approximate surface area is 157 Å². The fraction of sp³-hybridized carbons (Fsp3) is 0.238. The summed E-state index contributed by atoms with van der Waals surface area (Å²) in [4.78, 5) is 21.2. The third kappa shape index (κ3) is 4.23. The second kappa shape index (κ2) is 7.72. The van der Waals surface area contributed by atoms with Crippen molar-refractivity contribution in [2.45, 2.75) is 6.54 Å². The SMILES string of the molecule is O=C(Nc1ccc(F)cc1)N1CCN(Cc2ccc3ccccc3n2)CC1. The summed E-state index contributed by atoms with van der Waals surface area (Å²) in [6.07, 6.45) is 0. The van der Waals surface area contributed by atoms with E-state index in [-0.39, 0.29) is 11.8 Å². The Bertz CT molecular complexity index is 936. The quantitative estimate of drug-likeness (QED) is 0.770. The van der Waals surface area contributed by atoms with Gasteiger partial charge >= 0.3 is 6.03 Å². The van der Waals surface area contributed by atoms with Gasteiger partial charge in [-0.1, -0.05) is 24.3 Å². The van der Waals surface area contributed by atoms with Crippen LogP contribution in [0.4, 0.5) is 14.9 Å². The molecule has 4 rings (SSSR count). The van der Waals surface area contributed by atoms with Crippen molar-refractivity contribution in [2.24, 2.45) is 0 Å². The molecule has 2 heterocycles. The van der Waals surface area contributed by atoms with E-state index in [1.807, 2.05) is 18.2 Å². The number of urea groups is 1. The van der Waals surface area contributed by atoms with E-state index < -0.39 is 0 Å². The summed E-state index contributed by atoms with van der Waals surface area (Å²) in [5, 5.41) is 3.96. The molecule has 6 heteroatoms. The van der Waals surface area contributed by atoms with Crippen LogP contribution in [0.25, 0.3) is 10.9 Å². The predicted octanol–water partition coefficient (Wildman–Crippen LogP) is 3.72. The van der Waals surface area contributed by atoms with Crippen LogP contribution in [0.1, 0.15) is 5.69 Å². The van der Waals surface area contributed by atoms with Crippen LogP contribution < -0.4 is 5.32 Å². The van der Waals surface area contributed by atoms with Crippen molar-refractivity contribution in [3.05, 3.63) is 72.2 Å². The summed E-state index contributed by atoms with van der Waals surface area (Å²) >= 11 is 0. The van der Waals surface area contributed by atoms with Gasteiger partial charge in [0.2, 0.25) is 0 Å². The number of aromatic nitrogens is 1. The average Bonchev–Trinajstić information content (AvgIpc) is 2.70. The number of piperazine rings is 1. The minimum Gasteiger partial charge on any atom is -0.322 e. The van der Waals surface area contributed by atoms with Crippen LogP contribution in [0.15, 0.2) is 60.7 Å². The van der Waals surface area contributed by atoms with Crippen LogP contribution in [0.2, 0.25) is 0 Å². The molecule has 1 aromatic heterocycles. The Morgan fingerprint density at radius 1 is 0.963 bits per heavy atom. The minimum absolute atomic E-state index is 0.148. The van der Waals surface area contributed by atoms with Gasteiger partial charge in [-0.3, -0.25) is 9.88 Å². The Hall–Kier alpha value is -2.99. The first kappa shape index (κ1) is 17.4. The minimum atomic E-state index is -0.316. The number of carbonyl (C=O) groups is 1. The van der Waals surface area contributed by atoms with Crippen LogP contribution in [0.3, 0.4) is 0 Å². The number of hydrogen-bond donors (Lipinski definition) is 1. The lowest BCUT2D eigenvalue weighted by molar-refractivity contribution is 0.142. The third-order valence-electron chi connectivity index (χ3n) is 4.80. The van der Waals surface area contributed by atoms with Gasteiger partial charge in [-0.05, 0) is 36.4 Å². The first-order valence-electron chi connectivity index (χ1n) is 9.06. The van der Waals surface area contributed by atoms with Gasteiger partial charge in [0.15, 0.2) is 0 Å². The molecule has 0 aliphatic carbocycles. The molecular weight excluding hydrogens is 343 g/mol. The lowest BCUT2D eigenvalue weighted by Gasteiger charge is -2.34. The van der Waals surface area contributed by atoms with E-state index in [1.54, 1.807) is 17.0 Å². The molecule has 0 saturated carbocycles. The highest BCUT2D eigenvalue weighted by atomic mass is 19.1. The Balaban J connectivity index is 1.31. The average molecular weight is 364 g/mol. The van der Waals surface area contributed by atoms with Crippen molar-refractivity contribution < 1.29 is 9.18 Å². The van der Waals surface area contributed by atoms with E-state index in [9.17, 15) is 9.18 Å². The molecule has 2 amide bonds. The van der Waals surface area contributed by atoms with Crippen molar-refractivity contribution in [2.75, 3.05) is 31.5 Å². The number of pyridine rings is 1. The fourth-order valence-electron chi connectivity index (χ4n) is 3.27. The maximum Gasteiger partial charge on any atom is 0.321 e. The van der Waals surface area contributed by atoms with Crippen molar-refractivity contribution in [3.63, 3.8) is 0 Å². The standard InChI is InChI=1S/C21H21FN4O/c22-17-6-9-18(10-7-17)24-21(27)26-13-11-25(12-14-26)15-19-8-5-16-3-1-2-4-20(16)23-19/h1-10H,11-15H2,(H,24,27). The summed E-state index contributed by atoms with van der Waals surface area (Å²) in [6, 6.07) is 17.9.